The molecule has 0 bridgehead atoms. The summed E-state index contributed by atoms with van der Waals surface area (Å²) in [6.07, 6.45) is -3.22. The first-order valence-corrected chi connectivity index (χ1v) is 12.9. The first kappa shape index (κ1) is 27.3. The normalized spacial score (nSPS) is 16.0. The highest BCUT2D eigenvalue weighted by Gasteiger charge is 2.36. The van der Waals surface area contributed by atoms with Crippen LogP contribution < -0.4 is 15.5 Å². The average molecular weight is 546 g/mol. The number of alkyl halides is 3. The molecule has 1 fully saturated rings. The third-order valence-corrected chi connectivity index (χ3v) is 6.88. The second-order valence-corrected chi connectivity index (χ2v) is 9.61. The second-order valence-electron chi connectivity index (χ2n) is 8.67. The van der Waals surface area contributed by atoms with Gasteiger partial charge in [-0.2, -0.15) is 13.2 Å². The van der Waals surface area contributed by atoms with Crippen molar-refractivity contribution >= 4 is 34.7 Å². The van der Waals surface area contributed by atoms with Crippen molar-refractivity contribution in [2.24, 2.45) is 0 Å². The predicted molar refractivity (Wildman–Crippen MR) is 137 cm³/mol. The number of thiophene rings is 1. The standard InChI is InChI=1S/C27H26F3N3O4S/c28-27(29,30)19-9-4-10-20(15-19)33(23(34)17-32-25(35)22-12-6-14-38-22)24(18-7-2-1-3-8-18)26(36)31-16-21-11-5-13-37-21/h1-4,6-10,12,14-15,21,24H,5,11,13,16-17H2,(H,31,36)(H,32,35). The Labute approximate surface area is 221 Å². The van der Waals surface area contributed by atoms with E-state index in [0.29, 0.717) is 17.0 Å². The van der Waals surface area contributed by atoms with Crippen molar-refractivity contribution in [1.29, 1.82) is 0 Å². The van der Waals surface area contributed by atoms with Gasteiger partial charge in [0.15, 0.2) is 0 Å². The molecule has 0 radical (unpaired) electrons. The number of hydrogen-bond acceptors (Lipinski definition) is 5. The molecular formula is C27H26F3N3O4S. The first-order valence-electron chi connectivity index (χ1n) is 12.0. The number of carbonyl (C=O) groups is 3. The second kappa shape index (κ2) is 12.2. The van der Waals surface area contributed by atoms with Crippen molar-refractivity contribution < 1.29 is 32.3 Å². The zero-order valence-corrected chi connectivity index (χ0v) is 21.1. The van der Waals surface area contributed by atoms with Gasteiger partial charge in [0, 0.05) is 18.8 Å². The minimum atomic E-state index is -4.66. The Morgan fingerprint density at radius 1 is 1.03 bits per heavy atom. The number of anilines is 1. The van der Waals surface area contributed by atoms with Gasteiger partial charge in [0.1, 0.15) is 6.04 Å². The number of carbonyl (C=O) groups excluding carboxylic acids is 3. The maximum absolute atomic E-state index is 13.6. The van der Waals surface area contributed by atoms with Gasteiger partial charge in [-0.15, -0.1) is 11.3 Å². The lowest BCUT2D eigenvalue weighted by Gasteiger charge is -2.32. The molecule has 2 atom stereocenters. The van der Waals surface area contributed by atoms with Crippen molar-refractivity contribution in [3.8, 4) is 0 Å². The molecule has 200 valence electrons. The minimum absolute atomic E-state index is 0.128. The van der Waals surface area contributed by atoms with E-state index in [-0.39, 0.29) is 18.3 Å². The fourth-order valence-electron chi connectivity index (χ4n) is 4.17. The van der Waals surface area contributed by atoms with Gasteiger partial charge in [-0.25, -0.2) is 0 Å². The molecule has 3 aromatic rings. The van der Waals surface area contributed by atoms with E-state index < -0.39 is 42.0 Å². The molecular weight excluding hydrogens is 519 g/mol. The molecule has 7 nitrogen and oxygen atoms in total. The summed E-state index contributed by atoms with van der Waals surface area (Å²) in [5.74, 6) is -1.84. The summed E-state index contributed by atoms with van der Waals surface area (Å²) >= 11 is 1.18. The highest BCUT2D eigenvalue weighted by atomic mass is 32.1. The van der Waals surface area contributed by atoms with Crippen LogP contribution in [0.1, 0.15) is 39.7 Å². The topological polar surface area (TPSA) is 87.7 Å². The highest BCUT2D eigenvalue weighted by Crippen LogP contribution is 2.34. The smallest absolute Gasteiger partial charge is 0.376 e. The van der Waals surface area contributed by atoms with Gasteiger partial charge in [0.05, 0.1) is 23.1 Å². The fraction of sp³-hybridized carbons (Fsp3) is 0.296. The van der Waals surface area contributed by atoms with Crippen molar-refractivity contribution in [3.05, 3.63) is 88.1 Å². The van der Waals surface area contributed by atoms with E-state index in [4.69, 9.17) is 4.74 Å². The quantitative estimate of drug-likeness (QED) is 0.413. The number of nitrogens with zero attached hydrogens (tertiary/aromatic N) is 1. The molecule has 11 heteroatoms. The third kappa shape index (κ3) is 6.78. The van der Waals surface area contributed by atoms with E-state index >= 15 is 0 Å². The molecule has 38 heavy (non-hydrogen) atoms. The molecule has 0 spiro atoms. The number of halogens is 3. The molecule has 3 amide bonds. The Bertz CT molecular complexity index is 1250. The molecule has 1 aromatic heterocycles. The molecule has 2 heterocycles. The molecule has 1 aliphatic heterocycles. The Morgan fingerprint density at radius 3 is 2.47 bits per heavy atom. The van der Waals surface area contributed by atoms with Crippen LogP contribution in [0.25, 0.3) is 0 Å². The lowest BCUT2D eigenvalue weighted by molar-refractivity contribution is -0.137. The Kier molecular flexibility index (Phi) is 8.80. The number of hydrogen-bond donors (Lipinski definition) is 2. The zero-order valence-electron chi connectivity index (χ0n) is 20.2. The summed E-state index contributed by atoms with van der Waals surface area (Å²) in [6, 6.07) is 14.5. The van der Waals surface area contributed by atoms with Gasteiger partial charge >= 0.3 is 6.18 Å². The van der Waals surface area contributed by atoms with Gasteiger partial charge in [-0.3, -0.25) is 19.3 Å². The van der Waals surface area contributed by atoms with E-state index in [1.807, 2.05) is 0 Å². The Morgan fingerprint density at radius 2 is 1.82 bits per heavy atom. The molecule has 0 saturated carbocycles. The van der Waals surface area contributed by atoms with E-state index in [1.54, 1.807) is 47.8 Å². The van der Waals surface area contributed by atoms with Gasteiger partial charge < -0.3 is 15.4 Å². The molecule has 2 unspecified atom stereocenters. The van der Waals surface area contributed by atoms with Crippen LogP contribution in [0.15, 0.2) is 72.1 Å². The molecule has 0 aliphatic carbocycles. The molecule has 4 rings (SSSR count). The van der Waals surface area contributed by atoms with Crippen LogP contribution in [0, 0.1) is 0 Å². The van der Waals surface area contributed by atoms with E-state index in [2.05, 4.69) is 10.6 Å². The van der Waals surface area contributed by atoms with Gasteiger partial charge in [-0.05, 0) is 48.1 Å². The van der Waals surface area contributed by atoms with Crippen LogP contribution in [0.5, 0.6) is 0 Å². The minimum Gasteiger partial charge on any atom is -0.376 e. The van der Waals surface area contributed by atoms with Crippen LogP contribution in [-0.4, -0.2) is 43.5 Å². The maximum Gasteiger partial charge on any atom is 0.416 e. The maximum atomic E-state index is 13.6. The van der Waals surface area contributed by atoms with Gasteiger partial charge in [-0.1, -0.05) is 42.5 Å². The number of amides is 3. The Hall–Kier alpha value is -3.70. The van der Waals surface area contributed by atoms with Crippen LogP contribution in [0.3, 0.4) is 0 Å². The van der Waals surface area contributed by atoms with Crippen LogP contribution in [0.2, 0.25) is 0 Å². The van der Waals surface area contributed by atoms with E-state index in [0.717, 1.165) is 29.9 Å². The number of ether oxygens (including phenoxy) is 1. The SMILES string of the molecule is O=C(NCC(=O)N(c1cccc(C(F)(F)F)c1)C(C(=O)NCC1CCCO1)c1ccccc1)c1cccs1. The fourth-order valence-corrected chi connectivity index (χ4v) is 4.81. The molecule has 2 N–H and O–H groups in total. The summed E-state index contributed by atoms with van der Waals surface area (Å²) in [4.78, 5) is 41.0. The largest absolute Gasteiger partial charge is 0.416 e. The monoisotopic (exact) mass is 545 g/mol. The average Bonchev–Trinajstić information content (AvgIpc) is 3.64. The Balaban J connectivity index is 1.69. The molecule has 2 aromatic carbocycles. The van der Waals surface area contributed by atoms with Gasteiger partial charge in [0.25, 0.3) is 5.91 Å². The lowest BCUT2D eigenvalue weighted by Crippen LogP contribution is -2.48. The van der Waals surface area contributed by atoms with Crippen LogP contribution in [0.4, 0.5) is 18.9 Å². The van der Waals surface area contributed by atoms with Crippen molar-refractivity contribution in [2.75, 3.05) is 24.6 Å². The first-order chi connectivity index (χ1) is 18.2. The summed E-state index contributed by atoms with van der Waals surface area (Å²) in [6.45, 7) is 0.249. The summed E-state index contributed by atoms with van der Waals surface area (Å²) in [5.41, 5.74) is -0.703. The van der Waals surface area contributed by atoms with Crippen molar-refractivity contribution in [2.45, 2.75) is 31.2 Å². The number of rotatable bonds is 9. The lowest BCUT2D eigenvalue weighted by atomic mass is 10.0. The number of nitrogens with one attached hydrogen (secondary N) is 2. The molecule has 1 aliphatic rings. The summed E-state index contributed by atoms with van der Waals surface area (Å²) in [7, 11) is 0. The van der Waals surface area contributed by atoms with E-state index in [9.17, 15) is 27.6 Å². The highest BCUT2D eigenvalue weighted by molar-refractivity contribution is 7.12. The van der Waals surface area contributed by atoms with Crippen molar-refractivity contribution in [3.63, 3.8) is 0 Å². The van der Waals surface area contributed by atoms with Gasteiger partial charge in [0.2, 0.25) is 11.8 Å². The predicted octanol–water partition coefficient (Wildman–Crippen LogP) is 4.57. The number of benzene rings is 2. The third-order valence-electron chi connectivity index (χ3n) is 6.02. The van der Waals surface area contributed by atoms with E-state index in [1.165, 1.54) is 23.5 Å². The zero-order chi connectivity index (χ0) is 27.1. The summed E-state index contributed by atoms with van der Waals surface area (Å²) < 4.78 is 46.3. The van der Waals surface area contributed by atoms with Crippen LogP contribution in [-0.2, 0) is 20.5 Å². The summed E-state index contributed by atoms with van der Waals surface area (Å²) in [5, 5.41) is 7.01. The molecule has 1 saturated heterocycles. The van der Waals surface area contributed by atoms with Crippen LogP contribution >= 0.6 is 11.3 Å². The van der Waals surface area contributed by atoms with Crippen molar-refractivity contribution in [1.82, 2.24) is 10.6 Å².